The van der Waals surface area contributed by atoms with Crippen LogP contribution in [0.1, 0.15) is 19.3 Å². The Hall–Kier alpha value is -1.22. The third-order valence-electron chi connectivity index (χ3n) is 3.37. The summed E-state index contributed by atoms with van der Waals surface area (Å²) in [6.45, 7) is 1.25. The molecular weight excluding hydrogens is 318 g/mol. The third kappa shape index (κ3) is 4.13. The van der Waals surface area contributed by atoms with E-state index >= 15 is 0 Å². The molecular formula is C12H16ClN3O4S. The number of halogens is 1. The van der Waals surface area contributed by atoms with Gasteiger partial charge in [-0.1, -0.05) is 11.6 Å². The summed E-state index contributed by atoms with van der Waals surface area (Å²) in [4.78, 5) is 9.93. The summed E-state index contributed by atoms with van der Waals surface area (Å²) >= 11 is 5.67. The first-order chi connectivity index (χ1) is 9.90. The lowest BCUT2D eigenvalue weighted by Gasteiger charge is -2.11. The second-order valence-corrected chi connectivity index (χ2v) is 7.02. The quantitative estimate of drug-likeness (QED) is 0.609. The van der Waals surface area contributed by atoms with Gasteiger partial charge in [0.15, 0.2) is 0 Å². The highest BCUT2D eigenvalue weighted by Gasteiger charge is 2.21. The monoisotopic (exact) mass is 333 g/mol. The normalized spacial score (nSPS) is 18.8. The minimum Gasteiger partial charge on any atom is -0.314 e. The van der Waals surface area contributed by atoms with E-state index in [1.807, 2.05) is 0 Å². The number of benzene rings is 1. The van der Waals surface area contributed by atoms with E-state index < -0.39 is 20.6 Å². The van der Waals surface area contributed by atoms with Crippen LogP contribution in [0.5, 0.6) is 0 Å². The average Bonchev–Trinajstić information content (AvgIpc) is 2.91. The number of sulfonamides is 1. The topological polar surface area (TPSA) is 101 Å². The zero-order valence-electron chi connectivity index (χ0n) is 11.2. The van der Waals surface area contributed by atoms with Crippen LogP contribution in [0.15, 0.2) is 23.1 Å². The summed E-state index contributed by atoms with van der Waals surface area (Å²) in [6, 6.07) is 3.77. The Kier molecular flexibility index (Phi) is 5.15. The van der Waals surface area contributed by atoms with Crippen LogP contribution < -0.4 is 10.0 Å². The van der Waals surface area contributed by atoms with E-state index in [2.05, 4.69) is 10.0 Å². The Morgan fingerprint density at radius 2 is 2.24 bits per heavy atom. The van der Waals surface area contributed by atoms with Crippen LogP contribution in [-0.4, -0.2) is 32.5 Å². The van der Waals surface area contributed by atoms with Gasteiger partial charge in [0, 0.05) is 18.7 Å². The Morgan fingerprint density at radius 3 is 2.86 bits per heavy atom. The SMILES string of the molecule is O=[N+]([O-])c1cc(S(=O)(=O)NCC[C@H]2CCCN2)ccc1Cl. The Balaban J connectivity index is 2.04. The van der Waals surface area contributed by atoms with Crippen molar-refractivity contribution in [2.45, 2.75) is 30.2 Å². The maximum atomic E-state index is 12.1. The van der Waals surface area contributed by atoms with Gasteiger partial charge in [0.05, 0.1) is 9.82 Å². The lowest BCUT2D eigenvalue weighted by Crippen LogP contribution is -2.30. The van der Waals surface area contributed by atoms with Gasteiger partial charge < -0.3 is 5.32 Å². The molecule has 0 unspecified atom stereocenters. The highest BCUT2D eigenvalue weighted by atomic mass is 35.5. The smallest absolute Gasteiger partial charge is 0.289 e. The van der Waals surface area contributed by atoms with Gasteiger partial charge in [-0.15, -0.1) is 0 Å². The van der Waals surface area contributed by atoms with Crippen molar-refractivity contribution < 1.29 is 13.3 Å². The van der Waals surface area contributed by atoms with Crippen LogP contribution in [0.25, 0.3) is 0 Å². The number of hydrogen-bond acceptors (Lipinski definition) is 5. The van der Waals surface area contributed by atoms with E-state index in [0.29, 0.717) is 12.5 Å². The van der Waals surface area contributed by atoms with Gasteiger partial charge in [-0.25, -0.2) is 13.1 Å². The van der Waals surface area contributed by atoms with Gasteiger partial charge in [-0.3, -0.25) is 10.1 Å². The van der Waals surface area contributed by atoms with Gasteiger partial charge in [-0.2, -0.15) is 0 Å². The van der Waals surface area contributed by atoms with Crippen molar-refractivity contribution in [2.75, 3.05) is 13.1 Å². The summed E-state index contributed by atoms with van der Waals surface area (Å²) < 4.78 is 26.6. The predicted molar refractivity (Wildman–Crippen MR) is 78.9 cm³/mol. The first-order valence-electron chi connectivity index (χ1n) is 6.57. The minimum atomic E-state index is -3.77. The number of rotatable bonds is 6. The number of nitrogens with one attached hydrogen (secondary N) is 2. The molecule has 9 heteroatoms. The Bertz CT molecular complexity index is 629. The summed E-state index contributed by atoms with van der Waals surface area (Å²) in [5.74, 6) is 0. The molecule has 0 aromatic heterocycles. The molecule has 0 aliphatic carbocycles. The van der Waals surface area contributed by atoms with Crippen LogP contribution in [0.3, 0.4) is 0 Å². The summed E-state index contributed by atoms with van der Waals surface area (Å²) in [5.41, 5.74) is -0.419. The fraction of sp³-hybridized carbons (Fsp3) is 0.500. The molecule has 1 aromatic carbocycles. The molecule has 0 amide bonds. The molecule has 7 nitrogen and oxygen atoms in total. The zero-order valence-corrected chi connectivity index (χ0v) is 12.8. The van der Waals surface area contributed by atoms with E-state index in [-0.39, 0.29) is 16.5 Å². The summed E-state index contributed by atoms with van der Waals surface area (Å²) in [5, 5.41) is 14.0. The van der Waals surface area contributed by atoms with Gasteiger partial charge in [0.2, 0.25) is 10.0 Å². The number of nitro benzene ring substituents is 1. The molecule has 1 aromatic rings. The van der Waals surface area contributed by atoms with Crippen molar-refractivity contribution in [3.05, 3.63) is 33.3 Å². The van der Waals surface area contributed by atoms with Crippen molar-refractivity contribution in [1.29, 1.82) is 0 Å². The van der Waals surface area contributed by atoms with E-state index in [0.717, 1.165) is 25.5 Å². The fourth-order valence-electron chi connectivity index (χ4n) is 2.25. The maximum absolute atomic E-state index is 12.1. The van der Waals surface area contributed by atoms with Crippen LogP contribution in [-0.2, 0) is 10.0 Å². The Labute approximate surface area is 127 Å². The largest absolute Gasteiger partial charge is 0.314 e. The minimum absolute atomic E-state index is 0.0888. The fourth-order valence-corrected chi connectivity index (χ4v) is 3.51. The van der Waals surface area contributed by atoms with E-state index in [1.54, 1.807) is 0 Å². The second kappa shape index (κ2) is 6.69. The van der Waals surface area contributed by atoms with Crippen molar-refractivity contribution >= 4 is 27.3 Å². The highest BCUT2D eigenvalue weighted by Crippen LogP contribution is 2.26. The summed E-state index contributed by atoms with van der Waals surface area (Å²) in [7, 11) is -3.77. The highest BCUT2D eigenvalue weighted by molar-refractivity contribution is 7.89. The van der Waals surface area contributed by atoms with Gasteiger partial charge in [0.1, 0.15) is 5.02 Å². The van der Waals surface area contributed by atoms with Crippen LogP contribution in [0.2, 0.25) is 5.02 Å². The summed E-state index contributed by atoms with van der Waals surface area (Å²) in [6.07, 6.45) is 2.82. The molecule has 0 bridgehead atoms. The molecule has 1 aliphatic heterocycles. The van der Waals surface area contributed by atoms with Crippen LogP contribution in [0.4, 0.5) is 5.69 Å². The van der Waals surface area contributed by atoms with E-state index in [9.17, 15) is 18.5 Å². The number of nitro groups is 1. The maximum Gasteiger partial charge on any atom is 0.289 e. The van der Waals surface area contributed by atoms with Gasteiger partial charge >= 0.3 is 0 Å². The molecule has 0 radical (unpaired) electrons. The molecule has 2 N–H and O–H groups in total. The van der Waals surface area contributed by atoms with E-state index in [1.165, 1.54) is 12.1 Å². The first kappa shape index (κ1) is 16.2. The van der Waals surface area contributed by atoms with Crippen molar-refractivity contribution in [3.8, 4) is 0 Å². The van der Waals surface area contributed by atoms with Crippen molar-refractivity contribution in [1.82, 2.24) is 10.0 Å². The molecule has 1 saturated heterocycles. The molecule has 1 fully saturated rings. The Morgan fingerprint density at radius 1 is 1.48 bits per heavy atom. The molecule has 1 heterocycles. The lowest BCUT2D eigenvalue weighted by atomic mass is 10.2. The number of nitrogens with zero attached hydrogens (tertiary/aromatic N) is 1. The zero-order chi connectivity index (χ0) is 15.5. The van der Waals surface area contributed by atoms with Crippen molar-refractivity contribution in [3.63, 3.8) is 0 Å². The molecule has 116 valence electrons. The van der Waals surface area contributed by atoms with Crippen molar-refractivity contribution in [2.24, 2.45) is 0 Å². The third-order valence-corrected chi connectivity index (χ3v) is 5.15. The lowest BCUT2D eigenvalue weighted by molar-refractivity contribution is -0.384. The van der Waals surface area contributed by atoms with Gasteiger partial charge in [0.25, 0.3) is 5.69 Å². The molecule has 2 rings (SSSR count). The molecule has 1 aliphatic rings. The standard InChI is InChI=1S/C12H16ClN3O4S/c13-11-4-3-10(8-12(11)16(17)18)21(19,20)15-7-5-9-2-1-6-14-9/h3-4,8-9,14-15H,1-2,5-7H2/t9-/m1/s1. The predicted octanol–water partition coefficient (Wildman–Crippen LogP) is 1.67. The van der Waals surface area contributed by atoms with E-state index in [4.69, 9.17) is 11.6 Å². The van der Waals surface area contributed by atoms with Crippen LogP contribution >= 0.6 is 11.6 Å². The second-order valence-electron chi connectivity index (χ2n) is 4.85. The molecule has 1 atom stereocenters. The molecule has 21 heavy (non-hydrogen) atoms. The molecule has 0 spiro atoms. The number of hydrogen-bond donors (Lipinski definition) is 2. The van der Waals surface area contributed by atoms with Gasteiger partial charge in [-0.05, 0) is 37.9 Å². The van der Waals surface area contributed by atoms with Crippen LogP contribution in [0, 0.1) is 10.1 Å². The first-order valence-corrected chi connectivity index (χ1v) is 8.43. The molecule has 0 saturated carbocycles. The average molecular weight is 334 g/mol.